The van der Waals surface area contributed by atoms with E-state index in [-0.39, 0.29) is 18.1 Å². The van der Waals surface area contributed by atoms with Crippen molar-refractivity contribution in [1.29, 1.82) is 0 Å². The van der Waals surface area contributed by atoms with Gasteiger partial charge >= 0.3 is 0 Å². The summed E-state index contributed by atoms with van der Waals surface area (Å²) >= 11 is 12.5. The van der Waals surface area contributed by atoms with E-state index >= 15 is 0 Å². The van der Waals surface area contributed by atoms with Crippen LogP contribution in [0.3, 0.4) is 0 Å². The number of carbonyl (C=O) groups is 1. The molecule has 4 aromatic rings. The molecule has 0 unspecified atom stereocenters. The van der Waals surface area contributed by atoms with Crippen molar-refractivity contribution in [3.05, 3.63) is 82.1 Å². The maximum atomic E-state index is 13.5. The van der Waals surface area contributed by atoms with Gasteiger partial charge in [-0.15, -0.1) is 0 Å². The molecule has 0 aliphatic carbocycles. The van der Waals surface area contributed by atoms with Gasteiger partial charge in [0.1, 0.15) is 17.0 Å². The minimum absolute atomic E-state index is 0.151. The monoisotopic (exact) mass is 491 g/mol. The number of carbonyl (C=O) groups excluding carboxylic acids is 1. The number of hydrogen-bond acceptors (Lipinski definition) is 5. The molecule has 0 spiro atoms. The van der Waals surface area contributed by atoms with Gasteiger partial charge in [0.25, 0.3) is 0 Å². The first-order valence-electron chi connectivity index (χ1n) is 11.1. The molecule has 1 aliphatic heterocycles. The molecule has 172 valence electrons. The Kier molecular flexibility index (Phi) is 6.15. The number of ketones is 1. The Morgan fingerprint density at radius 2 is 1.82 bits per heavy atom. The molecule has 2 aromatic carbocycles. The second kappa shape index (κ2) is 9.24. The van der Waals surface area contributed by atoms with E-state index in [1.54, 1.807) is 18.5 Å². The number of fused-ring (bicyclic) bond motifs is 2. The predicted molar refractivity (Wildman–Crippen MR) is 137 cm³/mol. The van der Waals surface area contributed by atoms with Crippen molar-refractivity contribution in [3.8, 4) is 16.9 Å². The summed E-state index contributed by atoms with van der Waals surface area (Å²) in [5.41, 5.74) is 5.90. The van der Waals surface area contributed by atoms with Crippen molar-refractivity contribution >= 4 is 45.7 Å². The van der Waals surface area contributed by atoms with Gasteiger partial charge in [-0.05, 0) is 42.3 Å². The van der Waals surface area contributed by atoms with Crippen LogP contribution in [0.2, 0.25) is 10.0 Å². The lowest BCUT2D eigenvalue weighted by Gasteiger charge is -2.26. The topological polar surface area (TPSA) is 55.3 Å². The smallest absolute Gasteiger partial charge is 0.145 e. The van der Waals surface area contributed by atoms with Crippen molar-refractivity contribution in [2.75, 3.05) is 25.6 Å². The number of rotatable bonds is 5. The number of ether oxygens (including phenoxy) is 1. The summed E-state index contributed by atoms with van der Waals surface area (Å²) in [5.74, 6) is 0.754. The lowest BCUT2D eigenvalue weighted by atomic mass is 9.86. The van der Waals surface area contributed by atoms with Gasteiger partial charge in [-0.25, -0.2) is 0 Å². The number of nitrogens with zero attached hydrogens (tertiary/aromatic N) is 3. The fourth-order valence-electron chi connectivity index (χ4n) is 4.67. The van der Waals surface area contributed by atoms with Crippen molar-refractivity contribution in [1.82, 2.24) is 9.97 Å². The average molecular weight is 492 g/mol. The highest BCUT2D eigenvalue weighted by molar-refractivity contribution is 6.35. The second-order valence-corrected chi connectivity index (χ2v) is 9.48. The number of benzene rings is 2. The van der Waals surface area contributed by atoms with Crippen LogP contribution >= 0.6 is 23.2 Å². The molecule has 1 atom stereocenters. The summed E-state index contributed by atoms with van der Waals surface area (Å²) < 4.78 is 5.74. The molecular formula is C27H23Cl2N3O2. The lowest BCUT2D eigenvalue weighted by Crippen LogP contribution is -2.23. The van der Waals surface area contributed by atoms with E-state index in [0.29, 0.717) is 23.1 Å². The summed E-state index contributed by atoms with van der Waals surface area (Å²) in [4.78, 5) is 24.8. The summed E-state index contributed by atoms with van der Waals surface area (Å²) in [6, 6.07) is 15.1. The zero-order valence-corrected chi connectivity index (χ0v) is 20.4. The standard InChI is InChI=1S/C27H23Cl2N3O2/c1-32(2)27-17(13-23(33)21-8-10-34-24-6-4-3-5-22(21)24)15-31-25-20(7-9-30-26(25)27)16-11-18(28)14-19(29)12-16/h3-7,9,11-12,14-15,21H,8,10,13H2,1-2H3/t21-/m1/s1. The third-order valence-corrected chi connectivity index (χ3v) is 6.57. The number of aromatic nitrogens is 2. The molecule has 0 saturated carbocycles. The fourth-order valence-corrected chi connectivity index (χ4v) is 5.20. The Labute approximate surface area is 208 Å². The number of halogens is 2. The minimum atomic E-state index is -0.191. The minimum Gasteiger partial charge on any atom is -0.493 e. The van der Waals surface area contributed by atoms with E-state index < -0.39 is 0 Å². The molecule has 3 heterocycles. The fraction of sp³-hybridized carbons (Fsp3) is 0.222. The van der Waals surface area contributed by atoms with E-state index in [4.69, 9.17) is 32.9 Å². The molecule has 0 saturated heterocycles. The summed E-state index contributed by atoms with van der Waals surface area (Å²) in [5, 5.41) is 1.11. The van der Waals surface area contributed by atoms with Crippen LogP contribution < -0.4 is 9.64 Å². The molecular weight excluding hydrogens is 469 g/mol. The number of para-hydroxylation sites is 1. The summed E-state index contributed by atoms with van der Waals surface area (Å²) in [6.07, 6.45) is 4.48. The van der Waals surface area contributed by atoms with Crippen molar-refractivity contribution in [3.63, 3.8) is 0 Å². The van der Waals surface area contributed by atoms with Crippen molar-refractivity contribution in [2.45, 2.75) is 18.8 Å². The van der Waals surface area contributed by atoms with Crippen LogP contribution in [0.5, 0.6) is 5.75 Å². The molecule has 34 heavy (non-hydrogen) atoms. The number of hydrogen-bond donors (Lipinski definition) is 0. The highest BCUT2D eigenvalue weighted by atomic mass is 35.5. The largest absolute Gasteiger partial charge is 0.493 e. The van der Waals surface area contributed by atoms with Gasteiger partial charge in [0, 0.05) is 65.6 Å². The van der Waals surface area contributed by atoms with Gasteiger partial charge < -0.3 is 9.64 Å². The Morgan fingerprint density at radius 3 is 2.59 bits per heavy atom. The molecule has 2 aromatic heterocycles. The van der Waals surface area contributed by atoms with Crippen LogP contribution in [0.25, 0.3) is 22.2 Å². The normalized spacial score (nSPS) is 15.0. The van der Waals surface area contributed by atoms with E-state index in [1.165, 1.54) is 0 Å². The van der Waals surface area contributed by atoms with Gasteiger partial charge in [0.2, 0.25) is 0 Å². The van der Waals surface area contributed by atoms with Gasteiger partial charge in [-0.2, -0.15) is 0 Å². The van der Waals surface area contributed by atoms with E-state index in [2.05, 4.69) is 4.98 Å². The molecule has 0 radical (unpaired) electrons. The first kappa shape index (κ1) is 22.6. The zero-order valence-electron chi connectivity index (χ0n) is 18.9. The summed E-state index contributed by atoms with van der Waals surface area (Å²) in [7, 11) is 3.91. The molecule has 0 fully saturated rings. The number of anilines is 1. The van der Waals surface area contributed by atoms with E-state index in [1.807, 2.05) is 61.5 Å². The van der Waals surface area contributed by atoms with Crippen LogP contribution in [0.1, 0.15) is 23.5 Å². The molecule has 5 rings (SSSR count). The number of Topliss-reactive ketones (excluding diaryl/α,β-unsaturated/α-hetero) is 1. The molecule has 0 N–H and O–H groups in total. The van der Waals surface area contributed by atoms with E-state index in [0.717, 1.165) is 44.7 Å². The van der Waals surface area contributed by atoms with Gasteiger partial charge in [-0.1, -0.05) is 41.4 Å². The van der Waals surface area contributed by atoms with E-state index in [9.17, 15) is 4.79 Å². The Hall–Kier alpha value is -3.15. The molecule has 5 nitrogen and oxygen atoms in total. The van der Waals surface area contributed by atoms with Crippen LogP contribution in [0, 0.1) is 0 Å². The first-order valence-corrected chi connectivity index (χ1v) is 11.8. The first-order chi connectivity index (χ1) is 16.4. The quantitative estimate of drug-likeness (QED) is 0.325. The number of pyridine rings is 2. The molecule has 0 bridgehead atoms. The maximum absolute atomic E-state index is 13.5. The molecule has 1 aliphatic rings. The highest BCUT2D eigenvalue weighted by Gasteiger charge is 2.28. The van der Waals surface area contributed by atoms with Gasteiger partial charge in [-0.3, -0.25) is 14.8 Å². The van der Waals surface area contributed by atoms with Gasteiger partial charge in [0.15, 0.2) is 0 Å². The maximum Gasteiger partial charge on any atom is 0.145 e. The highest BCUT2D eigenvalue weighted by Crippen LogP contribution is 2.38. The third-order valence-electron chi connectivity index (χ3n) is 6.13. The Bertz CT molecular complexity index is 1380. The average Bonchev–Trinajstić information content (AvgIpc) is 2.82. The second-order valence-electron chi connectivity index (χ2n) is 8.61. The van der Waals surface area contributed by atoms with Crippen LogP contribution in [0.15, 0.2) is 60.9 Å². The SMILES string of the molecule is CN(C)c1c(CC(=O)[C@@H]2CCOc3ccccc32)cnc2c(-c3cc(Cl)cc(Cl)c3)ccnc12. The Balaban J connectivity index is 1.57. The van der Waals surface area contributed by atoms with Crippen molar-refractivity contribution < 1.29 is 9.53 Å². The lowest BCUT2D eigenvalue weighted by molar-refractivity contribution is -0.120. The Morgan fingerprint density at radius 1 is 1.06 bits per heavy atom. The third kappa shape index (κ3) is 4.22. The van der Waals surface area contributed by atoms with Crippen LogP contribution in [-0.2, 0) is 11.2 Å². The van der Waals surface area contributed by atoms with Crippen molar-refractivity contribution in [2.24, 2.45) is 0 Å². The van der Waals surface area contributed by atoms with Crippen LogP contribution in [0.4, 0.5) is 5.69 Å². The molecule has 0 amide bonds. The predicted octanol–water partition coefficient (Wildman–Crippen LogP) is 6.35. The summed E-state index contributed by atoms with van der Waals surface area (Å²) in [6.45, 7) is 0.539. The van der Waals surface area contributed by atoms with Crippen LogP contribution in [-0.4, -0.2) is 36.5 Å². The van der Waals surface area contributed by atoms with Gasteiger partial charge in [0.05, 0.1) is 17.8 Å². The molecule has 7 heteroatoms. The zero-order chi connectivity index (χ0) is 23.8.